The predicted octanol–water partition coefficient (Wildman–Crippen LogP) is -0.404. The van der Waals surface area contributed by atoms with Crippen molar-refractivity contribution in [1.82, 2.24) is 9.90 Å². The molecule has 66 valence electrons. The Kier molecular flexibility index (Phi) is 1.42. The summed E-state index contributed by atoms with van der Waals surface area (Å²) in [4.78, 5) is 11.2. The van der Waals surface area contributed by atoms with E-state index in [2.05, 4.69) is 5.21 Å². The third-order valence-corrected chi connectivity index (χ3v) is 1.70. The van der Waals surface area contributed by atoms with Crippen LogP contribution in [0.1, 0.15) is 0 Å². The molecule has 1 aromatic carbocycles. The first-order valence-corrected chi connectivity index (χ1v) is 3.57. The molecule has 2 aromatic rings. The van der Waals surface area contributed by atoms with Crippen LogP contribution in [0, 0.1) is 5.21 Å². The van der Waals surface area contributed by atoms with Crippen LogP contribution in [0.4, 0.5) is 4.79 Å². The van der Waals surface area contributed by atoms with Crippen LogP contribution in [0.15, 0.2) is 24.3 Å². The van der Waals surface area contributed by atoms with Gasteiger partial charge in [-0.05, 0) is 16.8 Å². The standard InChI is InChI=1S/C7H6N4O2/c8-7(12)10-5-3-1-2-4-6(5)11(13)9-10/h1-4H,(H2,8,12). The fraction of sp³-hybridized carbons (Fsp3) is 0. The Hall–Kier alpha value is -2.11. The van der Waals surface area contributed by atoms with E-state index in [0.717, 1.165) is 4.68 Å². The van der Waals surface area contributed by atoms with Gasteiger partial charge >= 0.3 is 6.03 Å². The molecule has 0 aliphatic heterocycles. The van der Waals surface area contributed by atoms with Crippen LogP contribution < -0.4 is 10.6 Å². The Morgan fingerprint density at radius 3 is 2.92 bits per heavy atom. The maximum Gasteiger partial charge on any atom is 0.432 e. The maximum atomic E-state index is 11.1. The van der Waals surface area contributed by atoms with Crippen molar-refractivity contribution in [3.63, 3.8) is 0 Å². The van der Waals surface area contributed by atoms with Gasteiger partial charge in [-0.3, -0.25) is 0 Å². The summed E-state index contributed by atoms with van der Waals surface area (Å²) in [6.07, 6.45) is 0. The Balaban J connectivity index is 2.85. The molecule has 1 aromatic heterocycles. The van der Waals surface area contributed by atoms with Gasteiger partial charge in [0.1, 0.15) is 5.21 Å². The lowest BCUT2D eigenvalue weighted by Gasteiger charge is -1.89. The van der Waals surface area contributed by atoms with E-state index in [1.807, 2.05) is 0 Å². The van der Waals surface area contributed by atoms with Crippen molar-refractivity contribution in [2.45, 2.75) is 0 Å². The second kappa shape index (κ2) is 2.44. The zero-order chi connectivity index (χ0) is 9.42. The van der Waals surface area contributed by atoms with E-state index in [1.165, 1.54) is 0 Å². The molecule has 6 heteroatoms. The first-order chi connectivity index (χ1) is 6.20. The summed E-state index contributed by atoms with van der Waals surface area (Å²) < 4.78 is 0.863. The Bertz CT molecular complexity index is 476. The number of amides is 1. The van der Waals surface area contributed by atoms with Crippen molar-refractivity contribution in [2.24, 2.45) is 5.73 Å². The fourth-order valence-electron chi connectivity index (χ4n) is 1.15. The average Bonchev–Trinajstić information content (AvgIpc) is 2.45. The van der Waals surface area contributed by atoms with Gasteiger partial charge in [0.2, 0.25) is 11.0 Å². The molecule has 0 aliphatic carbocycles. The van der Waals surface area contributed by atoms with E-state index >= 15 is 0 Å². The van der Waals surface area contributed by atoms with E-state index in [1.54, 1.807) is 24.3 Å². The zero-order valence-corrected chi connectivity index (χ0v) is 6.54. The molecule has 1 amide bonds. The van der Waals surface area contributed by atoms with Crippen molar-refractivity contribution < 1.29 is 9.64 Å². The number of aromatic nitrogens is 3. The minimum absolute atomic E-state index is 0.321. The number of carbonyl (C=O) groups is 1. The van der Waals surface area contributed by atoms with Crippen molar-refractivity contribution in [1.29, 1.82) is 0 Å². The summed E-state index contributed by atoms with van der Waals surface area (Å²) in [6, 6.07) is 5.77. The highest BCUT2D eigenvalue weighted by Crippen LogP contribution is 2.06. The number of rotatable bonds is 0. The smallest absolute Gasteiger partial charge is 0.432 e. The van der Waals surface area contributed by atoms with Crippen LogP contribution >= 0.6 is 0 Å². The minimum atomic E-state index is -0.772. The van der Waals surface area contributed by atoms with Gasteiger partial charge in [-0.1, -0.05) is 12.1 Å². The highest BCUT2D eigenvalue weighted by Gasteiger charge is 2.17. The molecule has 1 heterocycles. The van der Waals surface area contributed by atoms with E-state index in [-0.39, 0.29) is 0 Å². The fourth-order valence-corrected chi connectivity index (χ4v) is 1.15. The molecule has 0 fully saturated rings. The quantitative estimate of drug-likeness (QED) is 0.439. The highest BCUT2D eigenvalue weighted by atomic mass is 16.5. The summed E-state index contributed by atoms with van der Waals surface area (Å²) in [5.74, 6) is 0. The lowest BCUT2D eigenvalue weighted by Crippen LogP contribution is -2.32. The van der Waals surface area contributed by atoms with Crippen molar-refractivity contribution in [3.05, 3.63) is 29.5 Å². The number of primary amides is 1. The Morgan fingerprint density at radius 2 is 2.23 bits per heavy atom. The SMILES string of the molecule is NC(=O)n1n[n+]([O-])c2ccccc21. The summed E-state index contributed by atoms with van der Waals surface area (Å²) in [7, 11) is 0. The van der Waals surface area contributed by atoms with Gasteiger partial charge in [0.15, 0.2) is 0 Å². The van der Waals surface area contributed by atoms with Crippen LogP contribution in [0.5, 0.6) is 0 Å². The minimum Gasteiger partial charge on any atom is -0.691 e. The summed E-state index contributed by atoms with van der Waals surface area (Å²) in [5.41, 5.74) is 5.73. The monoisotopic (exact) mass is 178 g/mol. The Labute approximate surface area is 72.7 Å². The first-order valence-electron chi connectivity index (χ1n) is 3.57. The van der Waals surface area contributed by atoms with Crippen LogP contribution in [0.25, 0.3) is 11.0 Å². The molecule has 13 heavy (non-hydrogen) atoms. The lowest BCUT2D eigenvalue weighted by molar-refractivity contribution is -0.645. The molecule has 6 nitrogen and oxygen atoms in total. The van der Waals surface area contributed by atoms with Gasteiger partial charge in [-0.2, -0.15) is 0 Å². The van der Waals surface area contributed by atoms with Crippen LogP contribution in [0.2, 0.25) is 0 Å². The van der Waals surface area contributed by atoms with Gasteiger partial charge in [0, 0.05) is 0 Å². The number of nitrogens with two attached hydrogens (primary N) is 1. The van der Waals surface area contributed by atoms with Crippen LogP contribution in [-0.4, -0.2) is 15.9 Å². The number of para-hydroxylation sites is 2. The van der Waals surface area contributed by atoms with Crippen molar-refractivity contribution in [2.75, 3.05) is 0 Å². The second-order valence-corrected chi connectivity index (χ2v) is 2.50. The van der Waals surface area contributed by atoms with Gasteiger partial charge in [-0.25, -0.2) is 4.79 Å². The summed E-state index contributed by atoms with van der Waals surface area (Å²) in [5, 5.41) is 14.5. The molecule has 0 unspecified atom stereocenters. The molecule has 0 radical (unpaired) electrons. The van der Waals surface area contributed by atoms with Crippen molar-refractivity contribution >= 4 is 17.1 Å². The highest BCUT2D eigenvalue weighted by molar-refractivity contribution is 5.85. The van der Waals surface area contributed by atoms with E-state index in [0.29, 0.717) is 15.9 Å². The molecule has 2 rings (SSSR count). The topological polar surface area (TPSA) is 87.9 Å². The van der Waals surface area contributed by atoms with Crippen LogP contribution in [0.3, 0.4) is 0 Å². The van der Waals surface area contributed by atoms with E-state index < -0.39 is 6.03 Å². The summed E-state index contributed by atoms with van der Waals surface area (Å²) in [6.45, 7) is 0. The third-order valence-electron chi connectivity index (χ3n) is 1.70. The largest absolute Gasteiger partial charge is 0.691 e. The molecular formula is C7H6N4O2. The van der Waals surface area contributed by atoms with Crippen LogP contribution in [-0.2, 0) is 0 Å². The zero-order valence-electron chi connectivity index (χ0n) is 6.54. The summed E-state index contributed by atoms with van der Waals surface area (Å²) >= 11 is 0. The van der Waals surface area contributed by atoms with E-state index in [4.69, 9.17) is 5.73 Å². The van der Waals surface area contributed by atoms with Gasteiger partial charge in [0.05, 0.1) is 0 Å². The molecule has 0 atom stereocenters. The maximum absolute atomic E-state index is 11.1. The second-order valence-electron chi connectivity index (χ2n) is 2.50. The number of fused-ring (bicyclic) bond motifs is 1. The third kappa shape index (κ3) is 0.994. The van der Waals surface area contributed by atoms with Crippen molar-refractivity contribution in [3.8, 4) is 0 Å². The predicted molar refractivity (Wildman–Crippen MR) is 43.7 cm³/mol. The molecule has 2 N–H and O–H groups in total. The number of carbonyl (C=O) groups excluding carboxylic acids is 1. The molecule has 0 saturated heterocycles. The lowest BCUT2D eigenvalue weighted by atomic mass is 10.3. The molecular weight excluding hydrogens is 172 g/mol. The van der Waals surface area contributed by atoms with Gasteiger partial charge in [-0.15, -0.1) is 4.85 Å². The molecule has 0 spiro atoms. The Morgan fingerprint density at radius 1 is 1.54 bits per heavy atom. The number of hydrogen-bond donors (Lipinski definition) is 1. The molecule has 0 aliphatic rings. The van der Waals surface area contributed by atoms with Gasteiger partial charge in [0.25, 0.3) is 0 Å². The average molecular weight is 178 g/mol. The molecule has 0 saturated carbocycles. The van der Waals surface area contributed by atoms with Gasteiger partial charge < -0.3 is 10.9 Å². The first kappa shape index (κ1) is 7.53. The number of benzene rings is 1. The molecule has 0 bridgehead atoms. The van der Waals surface area contributed by atoms with E-state index in [9.17, 15) is 10.0 Å². The number of nitrogens with zero attached hydrogens (tertiary/aromatic N) is 3. The number of hydrogen-bond acceptors (Lipinski definition) is 3. The normalized spacial score (nSPS) is 10.5.